The molecule has 1 aliphatic heterocycles. The lowest BCUT2D eigenvalue weighted by atomic mass is 10.2. The molecule has 102 valence electrons. The second-order valence-corrected chi connectivity index (χ2v) is 5.69. The molecule has 0 N–H and O–H groups in total. The summed E-state index contributed by atoms with van der Waals surface area (Å²) in [5.41, 5.74) is 0.841. The Morgan fingerprint density at radius 1 is 1.53 bits per heavy atom. The molecule has 2 aromatic rings. The zero-order valence-electron chi connectivity index (χ0n) is 10.1. The quantitative estimate of drug-likeness (QED) is 0.827. The fourth-order valence-corrected chi connectivity index (χ4v) is 2.69. The van der Waals surface area contributed by atoms with Crippen LogP contribution in [0.1, 0.15) is 5.69 Å². The van der Waals surface area contributed by atoms with Crippen molar-refractivity contribution in [2.75, 3.05) is 19.7 Å². The van der Waals surface area contributed by atoms with E-state index in [-0.39, 0.29) is 6.10 Å². The van der Waals surface area contributed by atoms with Gasteiger partial charge in [-0.2, -0.15) is 5.10 Å². The van der Waals surface area contributed by atoms with Crippen molar-refractivity contribution < 1.29 is 4.74 Å². The number of morpholine rings is 1. The smallest absolute Gasteiger partial charge is 0.138 e. The first kappa shape index (κ1) is 12.9. The molecule has 0 unspecified atom stereocenters. The summed E-state index contributed by atoms with van der Waals surface area (Å²) >= 11 is 7.25. The lowest BCUT2D eigenvalue weighted by Crippen LogP contribution is -2.43. The highest BCUT2D eigenvalue weighted by atomic mass is 35.5. The predicted octanol–water partition coefficient (Wildman–Crippen LogP) is 0.684. The van der Waals surface area contributed by atoms with Gasteiger partial charge in [0.2, 0.25) is 0 Å². The van der Waals surface area contributed by atoms with Gasteiger partial charge >= 0.3 is 0 Å². The number of aromatic nitrogens is 5. The number of halogens is 1. The summed E-state index contributed by atoms with van der Waals surface area (Å²) in [6.07, 6.45) is 3.34. The Bertz CT molecular complexity index is 518. The van der Waals surface area contributed by atoms with Gasteiger partial charge in [-0.1, -0.05) is 16.1 Å². The van der Waals surface area contributed by atoms with Crippen molar-refractivity contribution in [3.63, 3.8) is 0 Å². The Hall–Kier alpha value is -1.09. The highest BCUT2D eigenvalue weighted by molar-refractivity contribution is 7.10. The van der Waals surface area contributed by atoms with Gasteiger partial charge in [0.1, 0.15) is 22.7 Å². The average molecular weight is 301 g/mol. The molecule has 0 radical (unpaired) electrons. The summed E-state index contributed by atoms with van der Waals surface area (Å²) in [7, 11) is 0. The SMILES string of the molecule is Clc1snnc1CN1CCO[C@H](Cn2cncn2)C1. The summed E-state index contributed by atoms with van der Waals surface area (Å²) in [6.45, 7) is 3.83. The standard InChI is InChI=1S/C10H13ClN6OS/c11-10-9(14-15-19-10)5-16-1-2-18-8(3-16)4-17-7-12-6-13-17/h6-8H,1-5H2/t8-/m0/s1. The van der Waals surface area contributed by atoms with Crippen LogP contribution in [0, 0.1) is 0 Å². The van der Waals surface area contributed by atoms with Gasteiger partial charge in [0.05, 0.1) is 19.3 Å². The Morgan fingerprint density at radius 3 is 3.21 bits per heavy atom. The maximum absolute atomic E-state index is 6.02. The zero-order valence-corrected chi connectivity index (χ0v) is 11.7. The number of rotatable bonds is 4. The molecule has 19 heavy (non-hydrogen) atoms. The third kappa shape index (κ3) is 3.27. The zero-order chi connectivity index (χ0) is 13.1. The minimum Gasteiger partial charge on any atom is -0.374 e. The molecule has 1 aliphatic rings. The summed E-state index contributed by atoms with van der Waals surface area (Å²) in [5.74, 6) is 0. The van der Waals surface area contributed by atoms with E-state index in [1.807, 2.05) is 0 Å². The van der Waals surface area contributed by atoms with E-state index >= 15 is 0 Å². The fourth-order valence-electron chi connectivity index (χ4n) is 2.07. The molecule has 7 nitrogen and oxygen atoms in total. The maximum atomic E-state index is 6.02. The van der Waals surface area contributed by atoms with Gasteiger partial charge in [-0.05, 0) is 0 Å². The average Bonchev–Trinajstić information content (AvgIpc) is 3.03. The molecule has 1 fully saturated rings. The highest BCUT2D eigenvalue weighted by Gasteiger charge is 2.22. The van der Waals surface area contributed by atoms with Crippen molar-refractivity contribution >= 4 is 23.1 Å². The maximum Gasteiger partial charge on any atom is 0.138 e. The third-order valence-electron chi connectivity index (χ3n) is 2.96. The Balaban J connectivity index is 1.57. The molecule has 0 spiro atoms. The normalized spacial score (nSPS) is 20.8. The van der Waals surface area contributed by atoms with E-state index in [1.54, 1.807) is 11.0 Å². The molecule has 0 amide bonds. The number of nitrogens with zero attached hydrogens (tertiary/aromatic N) is 6. The van der Waals surface area contributed by atoms with E-state index < -0.39 is 0 Å². The van der Waals surface area contributed by atoms with Gasteiger partial charge in [-0.25, -0.2) is 4.98 Å². The molecule has 3 heterocycles. The van der Waals surface area contributed by atoms with Crippen molar-refractivity contribution in [3.05, 3.63) is 22.7 Å². The molecule has 3 rings (SSSR count). The summed E-state index contributed by atoms with van der Waals surface area (Å²) in [6, 6.07) is 0. The lowest BCUT2D eigenvalue weighted by molar-refractivity contribution is -0.0405. The van der Waals surface area contributed by atoms with Crippen LogP contribution < -0.4 is 0 Å². The Kier molecular flexibility index (Phi) is 4.02. The largest absolute Gasteiger partial charge is 0.374 e. The van der Waals surface area contributed by atoms with Gasteiger partial charge in [-0.15, -0.1) is 5.10 Å². The van der Waals surface area contributed by atoms with E-state index in [2.05, 4.69) is 24.6 Å². The van der Waals surface area contributed by atoms with Crippen molar-refractivity contribution in [2.24, 2.45) is 0 Å². The van der Waals surface area contributed by atoms with Crippen LogP contribution in [-0.2, 0) is 17.8 Å². The minimum absolute atomic E-state index is 0.112. The summed E-state index contributed by atoms with van der Waals surface area (Å²) in [4.78, 5) is 6.20. The number of hydrogen-bond acceptors (Lipinski definition) is 7. The first-order valence-corrected chi connectivity index (χ1v) is 7.09. The first-order valence-electron chi connectivity index (χ1n) is 5.94. The molecule has 0 bridgehead atoms. The second kappa shape index (κ2) is 5.91. The molecule has 9 heteroatoms. The molecular formula is C10H13ClN6OS. The Morgan fingerprint density at radius 2 is 2.47 bits per heavy atom. The van der Waals surface area contributed by atoms with Crippen LogP contribution in [0.4, 0.5) is 0 Å². The van der Waals surface area contributed by atoms with Crippen LogP contribution in [0.3, 0.4) is 0 Å². The van der Waals surface area contributed by atoms with Gasteiger partial charge in [0.15, 0.2) is 0 Å². The molecule has 2 aromatic heterocycles. The second-order valence-electron chi connectivity index (χ2n) is 4.34. The van der Waals surface area contributed by atoms with Crippen molar-refractivity contribution in [2.45, 2.75) is 19.2 Å². The summed E-state index contributed by atoms with van der Waals surface area (Å²) < 4.78 is 12.0. The van der Waals surface area contributed by atoms with Crippen LogP contribution in [0.25, 0.3) is 0 Å². The topological polar surface area (TPSA) is 69.0 Å². The van der Waals surface area contributed by atoms with Crippen LogP contribution in [0.15, 0.2) is 12.7 Å². The van der Waals surface area contributed by atoms with Crippen LogP contribution in [-0.4, -0.2) is 55.1 Å². The first-order chi connectivity index (χ1) is 9.31. The van der Waals surface area contributed by atoms with Crippen LogP contribution >= 0.6 is 23.1 Å². The van der Waals surface area contributed by atoms with E-state index in [9.17, 15) is 0 Å². The third-order valence-corrected chi connectivity index (χ3v) is 3.95. The summed E-state index contributed by atoms with van der Waals surface area (Å²) in [5, 5.41) is 8.13. The van der Waals surface area contributed by atoms with E-state index in [4.69, 9.17) is 16.3 Å². The minimum atomic E-state index is 0.112. The fraction of sp³-hybridized carbons (Fsp3) is 0.600. The monoisotopic (exact) mass is 300 g/mol. The number of hydrogen-bond donors (Lipinski definition) is 0. The molecular weight excluding hydrogens is 288 g/mol. The van der Waals surface area contributed by atoms with Crippen molar-refractivity contribution in [1.29, 1.82) is 0 Å². The van der Waals surface area contributed by atoms with Gasteiger partial charge in [0.25, 0.3) is 0 Å². The van der Waals surface area contributed by atoms with E-state index in [1.165, 1.54) is 17.9 Å². The van der Waals surface area contributed by atoms with Crippen molar-refractivity contribution in [3.8, 4) is 0 Å². The Labute approximate surface area is 119 Å². The number of ether oxygens (including phenoxy) is 1. The van der Waals surface area contributed by atoms with E-state index in [0.29, 0.717) is 24.0 Å². The van der Waals surface area contributed by atoms with Crippen molar-refractivity contribution in [1.82, 2.24) is 29.3 Å². The van der Waals surface area contributed by atoms with Gasteiger partial charge in [-0.3, -0.25) is 9.58 Å². The lowest BCUT2D eigenvalue weighted by Gasteiger charge is -2.32. The molecule has 0 aromatic carbocycles. The van der Waals surface area contributed by atoms with Gasteiger partial charge in [0, 0.05) is 31.2 Å². The molecule has 1 atom stereocenters. The molecule has 0 aliphatic carbocycles. The van der Waals surface area contributed by atoms with Crippen LogP contribution in [0.5, 0.6) is 0 Å². The van der Waals surface area contributed by atoms with Crippen LogP contribution in [0.2, 0.25) is 4.34 Å². The molecule has 1 saturated heterocycles. The molecule has 0 saturated carbocycles. The van der Waals surface area contributed by atoms with Gasteiger partial charge < -0.3 is 4.74 Å². The predicted molar refractivity (Wildman–Crippen MR) is 70.0 cm³/mol. The van der Waals surface area contributed by atoms with E-state index in [0.717, 1.165) is 18.8 Å². The highest BCUT2D eigenvalue weighted by Crippen LogP contribution is 2.20.